The number of esters is 1. The van der Waals surface area contributed by atoms with Crippen molar-refractivity contribution in [3.05, 3.63) is 59.2 Å². The lowest BCUT2D eigenvalue weighted by Crippen LogP contribution is -2.34. The van der Waals surface area contributed by atoms with Gasteiger partial charge in [0, 0.05) is 11.6 Å². The molecule has 2 aromatic rings. The maximum Gasteiger partial charge on any atom is 0.343 e. The molecule has 0 amide bonds. The quantitative estimate of drug-likeness (QED) is 0.468. The van der Waals surface area contributed by atoms with Gasteiger partial charge in [-0.2, -0.15) is 0 Å². The molecule has 3 rings (SSSR count). The molecule has 0 saturated carbocycles. The Morgan fingerprint density at radius 3 is 2.27 bits per heavy atom. The third-order valence-electron chi connectivity index (χ3n) is 4.30. The maximum atomic E-state index is 12.4. The summed E-state index contributed by atoms with van der Waals surface area (Å²) in [5, 5.41) is 0. The van der Waals surface area contributed by atoms with Gasteiger partial charge in [0.2, 0.25) is 10.0 Å². The highest BCUT2D eigenvalue weighted by molar-refractivity contribution is 7.92. The van der Waals surface area contributed by atoms with E-state index in [4.69, 9.17) is 4.74 Å². The molecule has 26 heavy (non-hydrogen) atoms. The predicted molar refractivity (Wildman–Crippen MR) is 98.3 cm³/mol. The number of hydrogen-bond donors (Lipinski definition) is 0. The molecule has 0 radical (unpaired) electrons. The molecule has 0 spiro atoms. The molecule has 6 nitrogen and oxygen atoms in total. The molecule has 7 heteroatoms. The topological polar surface area (TPSA) is 80.8 Å². The van der Waals surface area contributed by atoms with Crippen LogP contribution in [0.1, 0.15) is 40.1 Å². The number of carbonyl (C=O) groups is 2. The summed E-state index contributed by atoms with van der Waals surface area (Å²) in [5.41, 5.74) is 2.28. The molecular formula is C19H19NO5S. The molecular weight excluding hydrogens is 354 g/mol. The van der Waals surface area contributed by atoms with E-state index in [-0.39, 0.29) is 11.8 Å². The fourth-order valence-corrected chi connectivity index (χ4v) is 4.42. The number of ketones is 1. The van der Waals surface area contributed by atoms with Crippen molar-refractivity contribution in [2.75, 3.05) is 10.6 Å². The van der Waals surface area contributed by atoms with Crippen LogP contribution in [0.2, 0.25) is 0 Å². The second-order valence-electron chi connectivity index (χ2n) is 6.43. The first kappa shape index (κ1) is 18.1. The Labute approximate surface area is 152 Å². The van der Waals surface area contributed by atoms with E-state index in [2.05, 4.69) is 0 Å². The van der Waals surface area contributed by atoms with Crippen LogP contribution in [0.15, 0.2) is 42.5 Å². The predicted octanol–water partition coefficient (Wildman–Crippen LogP) is 2.82. The van der Waals surface area contributed by atoms with Crippen LogP contribution >= 0.6 is 0 Å². The van der Waals surface area contributed by atoms with Gasteiger partial charge in [-0.25, -0.2) is 13.2 Å². The first-order valence-corrected chi connectivity index (χ1v) is 9.97. The fourth-order valence-electron chi connectivity index (χ4n) is 3.16. The summed E-state index contributed by atoms with van der Waals surface area (Å²) in [6.07, 6.45) is 1.71. The largest absolute Gasteiger partial charge is 0.423 e. The second kappa shape index (κ2) is 6.57. The van der Waals surface area contributed by atoms with Crippen molar-refractivity contribution in [1.82, 2.24) is 0 Å². The molecule has 2 aromatic carbocycles. The third kappa shape index (κ3) is 3.48. The first-order valence-electron chi connectivity index (χ1n) is 8.12. The zero-order valence-electron chi connectivity index (χ0n) is 14.7. The smallest absolute Gasteiger partial charge is 0.343 e. The molecule has 0 bridgehead atoms. The number of carbonyl (C=O) groups excluding carboxylic acids is 2. The van der Waals surface area contributed by atoms with Crippen LogP contribution in [-0.4, -0.2) is 32.5 Å². The number of Topliss-reactive ketones (excluding diaryl/α,β-unsaturated/α-hetero) is 1. The Hall–Kier alpha value is -2.67. The minimum absolute atomic E-state index is 0.0638. The standard InChI is InChI=1S/C19H19NO5S/c1-12-10-16-11-15(6-9-18(16)20(12)26(3,23)24)19(22)25-17-7-4-14(5-8-17)13(2)21/h4-9,11-12H,10H2,1-3H3/t12-/m0/s1. The van der Waals surface area contributed by atoms with Crippen LogP contribution in [0.5, 0.6) is 5.75 Å². The van der Waals surface area contributed by atoms with Crippen LogP contribution in [0.4, 0.5) is 5.69 Å². The SMILES string of the molecule is CC(=O)c1ccc(OC(=O)c2ccc3c(c2)C[C@H](C)N3S(C)(=O)=O)cc1. The van der Waals surface area contributed by atoms with Gasteiger partial charge in [0.05, 0.1) is 17.5 Å². The lowest BCUT2D eigenvalue weighted by Gasteiger charge is -2.21. The summed E-state index contributed by atoms with van der Waals surface area (Å²) in [5.74, 6) is -0.258. The zero-order chi connectivity index (χ0) is 19.1. The summed E-state index contributed by atoms with van der Waals surface area (Å²) in [4.78, 5) is 23.6. The summed E-state index contributed by atoms with van der Waals surface area (Å²) in [7, 11) is -3.37. The van der Waals surface area contributed by atoms with E-state index < -0.39 is 16.0 Å². The fraction of sp³-hybridized carbons (Fsp3) is 0.263. The van der Waals surface area contributed by atoms with E-state index >= 15 is 0 Å². The Morgan fingerprint density at radius 2 is 1.69 bits per heavy atom. The van der Waals surface area contributed by atoms with Crippen LogP contribution in [0.25, 0.3) is 0 Å². The molecule has 0 aliphatic carbocycles. The van der Waals surface area contributed by atoms with Crippen molar-refractivity contribution < 1.29 is 22.7 Å². The van der Waals surface area contributed by atoms with Gasteiger partial charge in [-0.3, -0.25) is 9.10 Å². The molecule has 1 aliphatic heterocycles. The molecule has 136 valence electrons. The molecule has 0 saturated heterocycles. The van der Waals surface area contributed by atoms with E-state index in [1.165, 1.54) is 17.5 Å². The highest BCUT2D eigenvalue weighted by Crippen LogP contribution is 2.34. The highest BCUT2D eigenvalue weighted by Gasteiger charge is 2.32. The number of anilines is 1. The minimum atomic E-state index is -3.37. The van der Waals surface area contributed by atoms with Gasteiger partial charge in [0.25, 0.3) is 0 Å². The lowest BCUT2D eigenvalue weighted by molar-refractivity contribution is 0.0734. The Bertz CT molecular complexity index is 979. The molecule has 0 aromatic heterocycles. The number of benzene rings is 2. The van der Waals surface area contributed by atoms with Crippen LogP contribution in [-0.2, 0) is 16.4 Å². The Morgan fingerprint density at radius 1 is 1.08 bits per heavy atom. The van der Waals surface area contributed by atoms with E-state index in [9.17, 15) is 18.0 Å². The Kier molecular flexibility index (Phi) is 4.58. The van der Waals surface area contributed by atoms with Crippen LogP contribution in [0.3, 0.4) is 0 Å². The molecule has 0 N–H and O–H groups in total. The maximum absolute atomic E-state index is 12.4. The molecule has 1 aliphatic rings. The summed E-state index contributed by atoms with van der Waals surface area (Å²) < 4.78 is 30.6. The van der Waals surface area contributed by atoms with E-state index in [0.29, 0.717) is 29.0 Å². The van der Waals surface area contributed by atoms with Crippen LogP contribution in [0, 0.1) is 0 Å². The number of nitrogens with zero attached hydrogens (tertiary/aromatic N) is 1. The van der Waals surface area contributed by atoms with Crippen molar-refractivity contribution in [3.63, 3.8) is 0 Å². The zero-order valence-corrected chi connectivity index (χ0v) is 15.5. The van der Waals surface area contributed by atoms with Gasteiger partial charge in [0.15, 0.2) is 5.78 Å². The van der Waals surface area contributed by atoms with E-state index in [1.807, 2.05) is 6.92 Å². The van der Waals surface area contributed by atoms with E-state index in [0.717, 1.165) is 5.56 Å². The normalized spacial score (nSPS) is 16.3. The first-order chi connectivity index (χ1) is 12.2. The van der Waals surface area contributed by atoms with Crippen LogP contribution < -0.4 is 9.04 Å². The van der Waals surface area contributed by atoms with Crippen molar-refractivity contribution in [1.29, 1.82) is 0 Å². The summed E-state index contributed by atoms with van der Waals surface area (Å²) >= 11 is 0. The lowest BCUT2D eigenvalue weighted by atomic mass is 10.1. The second-order valence-corrected chi connectivity index (χ2v) is 8.28. The summed E-state index contributed by atoms with van der Waals surface area (Å²) in [6.45, 7) is 3.29. The van der Waals surface area contributed by atoms with Gasteiger partial charge < -0.3 is 4.74 Å². The van der Waals surface area contributed by atoms with Gasteiger partial charge in [-0.1, -0.05) is 0 Å². The van der Waals surface area contributed by atoms with Crippen molar-refractivity contribution in [2.24, 2.45) is 0 Å². The van der Waals surface area contributed by atoms with Crippen molar-refractivity contribution >= 4 is 27.5 Å². The minimum Gasteiger partial charge on any atom is -0.423 e. The molecule has 0 unspecified atom stereocenters. The van der Waals surface area contributed by atoms with E-state index in [1.54, 1.807) is 42.5 Å². The monoisotopic (exact) mass is 373 g/mol. The summed E-state index contributed by atoms with van der Waals surface area (Å²) in [6, 6.07) is 11.0. The van der Waals surface area contributed by atoms with Gasteiger partial charge in [-0.05, 0) is 68.3 Å². The van der Waals surface area contributed by atoms with Crippen molar-refractivity contribution in [2.45, 2.75) is 26.3 Å². The average molecular weight is 373 g/mol. The third-order valence-corrected chi connectivity index (χ3v) is 5.57. The van der Waals surface area contributed by atoms with Gasteiger partial charge >= 0.3 is 5.97 Å². The number of rotatable bonds is 4. The van der Waals surface area contributed by atoms with Gasteiger partial charge in [-0.15, -0.1) is 0 Å². The molecule has 1 atom stereocenters. The average Bonchev–Trinajstić information content (AvgIpc) is 2.90. The van der Waals surface area contributed by atoms with Gasteiger partial charge in [0.1, 0.15) is 5.75 Å². The Balaban J connectivity index is 1.82. The van der Waals surface area contributed by atoms with Crippen molar-refractivity contribution in [3.8, 4) is 5.75 Å². The number of sulfonamides is 1. The highest BCUT2D eigenvalue weighted by atomic mass is 32.2. The number of fused-ring (bicyclic) bond motifs is 1. The number of ether oxygens (including phenoxy) is 1. The number of hydrogen-bond acceptors (Lipinski definition) is 5. The molecule has 0 fully saturated rings. The molecule has 1 heterocycles.